The molecule has 0 N–H and O–H groups in total. The van der Waals surface area contributed by atoms with Gasteiger partial charge in [-0.3, -0.25) is 0 Å². The van der Waals surface area contributed by atoms with E-state index in [2.05, 4.69) is 51.1 Å². The molecule has 0 heterocycles. The van der Waals surface area contributed by atoms with Gasteiger partial charge in [-0.1, -0.05) is 32.9 Å². The van der Waals surface area contributed by atoms with Crippen molar-refractivity contribution in [1.29, 1.82) is 0 Å². The molecule has 3 nitrogen and oxygen atoms in total. The molecule has 0 unspecified atom stereocenters. The normalized spacial score (nSPS) is 14.9. The summed E-state index contributed by atoms with van der Waals surface area (Å²) in [7, 11) is -0.512. The van der Waals surface area contributed by atoms with E-state index in [9.17, 15) is 4.79 Å². The van der Waals surface area contributed by atoms with Crippen molar-refractivity contribution >= 4 is 14.3 Å². The maximum absolute atomic E-state index is 11.2. The lowest BCUT2D eigenvalue weighted by molar-refractivity contribution is -0.134. The van der Waals surface area contributed by atoms with Gasteiger partial charge in [0.25, 0.3) is 0 Å². The highest BCUT2D eigenvalue weighted by Crippen LogP contribution is 2.39. The zero-order valence-corrected chi connectivity index (χ0v) is 17.2. The topological polar surface area (TPSA) is 35.5 Å². The summed E-state index contributed by atoms with van der Waals surface area (Å²) in [4.78, 5) is 11.2. The fraction of sp³-hybridized carbons (Fsp3) is 0.650. The first-order valence-electron chi connectivity index (χ1n) is 8.57. The zero-order valence-electron chi connectivity index (χ0n) is 16.2. The predicted molar refractivity (Wildman–Crippen MR) is 104 cm³/mol. The number of carbonyl (C=O) groups is 1. The van der Waals surface area contributed by atoms with E-state index in [0.29, 0.717) is 6.42 Å². The van der Waals surface area contributed by atoms with E-state index in [1.54, 1.807) is 0 Å². The molecule has 0 aromatic rings. The van der Waals surface area contributed by atoms with Crippen molar-refractivity contribution < 1.29 is 14.0 Å². The van der Waals surface area contributed by atoms with Crippen LogP contribution < -0.4 is 0 Å². The molecule has 24 heavy (non-hydrogen) atoms. The van der Waals surface area contributed by atoms with E-state index in [0.717, 1.165) is 19.3 Å². The predicted octanol–water partition coefficient (Wildman–Crippen LogP) is 5.10. The van der Waals surface area contributed by atoms with Crippen molar-refractivity contribution in [3.8, 4) is 12.3 Å². The third-order valence-electron chi connectivity index (χ3n) is 4.73. The lowest BCUT2D eigenvalue weighted by Crippen LogP contribution is -2.45. The second kappa shape index (κ2) is 10.5. The summed E-state index contributed by atoms with van der Waals surface area (Å²) in [6, 6.07) is 0. The molecule has 136 valence electrons. The Bertz CT molecular complexity index is 466. The van der Waals surface area contributed by atoms with Crippen molar-refractivity contribution in [2.75, 3.05) is 7.11 Å². The SMILES string of the molecule is C#CCC[C@H](C=C)[C@@H](CC/C=C\C(=O)OC)O[Si](C)(C)C(C)(C)C. The molecule has 0 aliphatic heterocycles. The molecule has 0 saturated carbocycles. The van der Waals surface area contributed by atoms with Crippen LogP contribution >= 0.6 is 0 Å². The first-order chi connectivity index (χ1) is 11.1. The molecule has 0 aromatic carbocycles. The Morgan fingerprint density at radius 2 is 1.96 bits per heavy atom. The number of esters is 1. The maximum Gasteiger partial charge on any atom is 0.330 e. The van der Waals surface area contributed by atoms with Crippen LogP contribution in [0.25, 0.3) is 0 Å². The van der Waals surface area contributed by atoms with Gasteiger partial charge in [0.15, 0.2) is 8.32 Å². The lowest BCUT2D eigenvalue weighted by atomic mass is 9.94. The summed E-state index contributed by atoms with van der Waals surface area (Å²) in [5.74, 6) is 2.60. The second-order valence-electron chi connectivity index (χ2n) is 7.56. The van der Waals surface area contributed by atoms with E-state index in [1.807, 2.05) is 12.2 Å². The van der Waals surface area contributed by atoms with Crippen LogP contribution in [-0.4, -0.2) is 27.5 Å². The number of allylic oxidation sites excluding steroid dienone is 1. The number of methoxy groups -OCH3 is 1. The van der Waals surface area contributed by atoms with Crippen LogP contribution in [0.15, 0.2) is 24.8 Å². The number of rotatable bonds is 10. The van der Waals surface area contributed by atoms with E-state index < -0.39 is 8.32 Å². The van der Waals surface area contributed by atoms with E-state index in [-0.39, 0.29) is 23.0 Å². The first kappa shape index (κ1) is 22.7. The van der Waals surface area contributed by atoms with E-state index in [1.165, 1.54) is 13.2 Å². The molecule has 2 atom stereocenters. The van der Waals surface area contributed by atoms with E-state index >= 15 is 0 Å². The summed E-state index contributed by atoms with van der Waals surface area (Å²) in [6.45, 7) is 15.2. The van der Waals surface area contributed by atoms with Crippen molar-refractivity contribution in [3.05, 3.63) is 24.8 Å². The van der Waals surface area contributed by atoms with Gasteiger partial charge in [-0.05, 0) is 37.4 Å². The van der Waals surface area contributed by atoms with Crippen LogP contribution in [0.4, 0.5) is 0 Å². The molecule has 0 aliphatic rings. The Labute approximate surface area is 149 Å². The number of hydrogen-bond donors (Lipinski definition) is 0. The molecular formula is C20H34O3Si. The summed E-state index contributed by atoms with van der Waals surface area (Å²) < 4.78 is 11.3. The van der Waals surface area contributed by atoms with Gasteiger partial charge in [0.1, 0.15) is 0 Å². The van der Waals surface area contributed by atoms with Crippen LogP contribution in [-0.2, 0) is 14.0 Å². The highest BCUT2D eigenvalue weighted by atomic mass is 28.4. The smallest absolute Gasteiger partial charge is 0.330 e. The molecule has 0 rings (SSSR count). The van der Waals surface area contributed by atoms with Crippen LogP contribution in [0, 0.1) is 18.3 Å². The first-order valence-corrected chi connectivity index (χ1v) is 11.5. The van der Waals surface area contributed by atoms with Gasteiger partial charge in [0.05, 0.1) is 13.2 Å². The monoisotopic (exact) mass is 350 g/mol. The Kier molecular flexibility index (Phi) is 9.95. The molecule has 0 spiro atoms. The van der Waals surface area contributed by atoms with Crippen molar-refractivity contribution in [2.24, 2.45) is 5.92 Å². The summed E-state index contributed by atoms with van der Waals surface area (Å²) in [5, 5.41) is 0.144. The fourth-order valence-corrected chi connectivity index (χ4v) is 3.53. The van der Waals surface area contributed by atoms with Crippen molar-refractivity contribution in [2.45, 2.75) is 70.7 Å². The van der Waals surface area contributed by atoms with Gasteiger partial charge < -0.3 is 9.16 Å². The number of carbonyl (C=O) groups excluding carboxylic acids is 1. The van der Waals surface area contributed by atoms with Crippen LogP contribution in [0.2, 0.25) is 18.1 Å². The van der Waals surface area contributed by atoms with Gasteiger partial charge >= 0.3 is 5.97 Å². The Hall–Kier alpha value is -1.31. The average Bonchev–Trinajstić information content (AvgIpc) is 2.50. The summed E-state index contributed by atoms with van der Waals surface area (Å²) in [5.41, 5.74) is 0. The highest BCUT2D eigenvalue weighted by Gasteiger charge is 2.40. The van der Waals surface area contributed by atoms with Gasteiger partial charge in [0.2, 0.25) is 0 Å². The summed E-state index contributed by atoms with van der Waals surface area (Å²) in [6.07, 6.45) is 13.9. The minimum absolute atomic E-state index is 0.0686. The highest BCUT2D eigenvalue weighted by molar-refractivity contribution is 6.74. The number of terminal acetylenes is 1. The fourth-order valence-electron chi connectivity index (χ4n) is 2.13. The molecule has 0 aliphatic carbocycles. The minimum atomic E-state index is -1.89. The largest absolute Gasteiger partial charge is 0.466 e. The third kappa shape index (κ3) is 7.99. The Morgan fingerprint density at radius 1 is 1.33 bits per heavy atom. The van der Waals surface area contributed by atoms with Crippen LogP contribution in [0.1, 0.15) is 46.5 Å². The van der Waals surface area contributed by atoms with Gasteiger partial charge in [-0.25, -0.2) is 4.79 Å². The van der Waals surface area contributed by atoms with Crippen LogP contribution in [0.5, 0.6) is 0 Å². The number of ether oxygens (including phenoxy) is 1. The molecule has 0 saturated heterocycles. The quantitative estimate of drug-likeness (QED) is 0.181. The summed E-state index contributed by atoms with van der Waals surface area (Å²) >= 11 is 0. The standard InChI is InChI=1S/C20H34O3Si/c1-9-11-14-17(10-2)18(15-12-13-16-19(21)22-6)23-24(7,8)20(3,4)5/h1,10,13,16-18H,2,11-12,14-15H2,3-8H3/b16-13-/t17-,18+/m0/s1. The van der Waals surface area contributed by atoms with Gasteiger partial charge in [0, 0.05) is 18.4 Å². The lowest BCUT2D eigenvalue weighted by Gasteiger charge is -2.41. The second-order valence-corrected chi connectivity index (χ2v) is 12.3. The van der Waals surface area contributed by atoms with Crippen molar-refractivity contribution in [1.82, 2.24) is 0 Å². The molecule has 0 amide bonds. The Morgan fingerprint density at radius 3 is 2.42 bits per heavy atom. The van der Waals surface area contributed by atoms with Gasteiger partial charge in [-0.2, -0.15) is 0 Å². The average molecular weight is 351 g/mol. The molecule has 4 heteroatoms. The van der Waals surface area contributed by atoms with Gasteiger partial charge in [-0.15, -0.1) is 18.9 Å². The zero-order chi connectivity index (χ0) is 18.8. The molecule has 0 bridgehead atoms. The Balaban J connectivity index is 5.08. The van der Waals surface area contributed by atoms with Crippen molar-refractivity contribution in [3.63, 3.8) is 0 Å². The molecule has 0 fully saturated rings. The van der Waals surface area contributed by atoms with Crippen LogP contribution in [0.3, 0.4) is 0 Å². The molecule has 0 aromatic heterocycles. The molecule has 0 radical (unpaired) electrons. The maximum atomic E-state index is 11.2. The third-order valence-corrected chi connectivity index (χ3v) is 9.23. The van der Waals surface area contributed by atoms with E-state index in [4.69, 9.17) is 10.8 Å². The molecular weight excluding hydrogens is 316 g/mol. The minimum Gasteiger partial charge on any atom is -0.466 e. The number of hydrogen-bond acceptors (Lipinski definition) is 3.